The fourth-order valence-corrected chi connectivity index (χ4v) is 4.34. The molecular formula is C21H21N3O2S. The molecule has 0 N–H and O–H groups in total. The molecule has 0 radical (unpaired) electrons. The van der Waals surface area contributed by atoms with Gasteiger partial charge in [-0.05, 0) is 42.7 Å². The molecule has 5 nitrogen and oxygen atoms in total. The van der Waals surface area contributed by atoms with Crippen LogP contribution in [0.25, 0.3) is 10.6 Å². The van der Waals surface area contributed by atoms with Crippen LogP contribution >= 0.6 is 11.3 Å². The molecule has 0 saturated carbocycles. The average Bonchev–Trinajstić information content (AvgIpc) is 3.38. The molecule has 2 aromatic heterocycles. The fraction of sp³-hybridized carbons (Fsp3) is 0.286. The number of methoxy groups -OCH3 is 1. The summed E-state index contributed by atoms with van der Waals surface area (Å²) in [5, 5.41) is 2.87. The highest BCUT2D eigenvalue weighted by Crippen LogP contribution is 2.34. The van der Waals surface area contributed by atoms with Gasteiger partial charge in [0.05, 0.1) is 25.3 Å². The first kappa shape index (κ1) is 17.7. The van der Waals surface area contributed by atoms with Crippen molar-refractivity contribution < 1.29 is 9.53 Å². The van der Waals surface area contributed by atoms with Crippen molar-refractivity contribution in [1.29, 1.82) is 0 Å². The van der Waals surface area contributed by atoms with Crippen molar-refractivity contribution in [3.05, 3.63) is 65.4 Å². The van der Waals surface area contributed by atoms with E-state index in [1.54, 1.807) is 30.8 Å². The molecule has 0 spiro atoms. The first-order chi connectivity index (χ1) is 13.2. The highest BCUT2D eigenvalue weighted by Gasteiger charge is 2.30. The summed E-state index contributed by atoms with van der Waals surface area (Å²) in [5.41, 5.74) is 2.94. The van der Waals surface area contributed by atoms with Gasteiger partial charge in [-0.25, -0.2) is 4.98 Å². The second-order valence-electron chi connectivity index (χ2n) is 6.58. The largest absolute Gasteiger partial charge is 0.497 e. The van der Waals surface area contributed by atoms with Gasteiger partial charge >= 0.3 is 0 Å². The molecule has 6 heteroatoms. The molecule has 1 aromatic carbocycles. The van der Waals surface area contributed by atoms with E-state index in [4.69, 9.17) is 4.74 Å². The molecule has 3 aromatic rings. The molecule has 4 rings (SSSR count). The summed E-state index contributed by atoms with van der Waals surface area (Å²) in [7, 11) is 1.67. The second-order valence-corrected chi connectivity index (χ2v) is 7.44. The summed E-state index contributed by atoms with van der Waals surface area (Å²) >= 11 is 1.55. The first-order valence-electron chi connectivity index (χ1n) is 9.03. The van der Waals surface area contributed by atoms with E-state index >= 15 is 0 Å². The molecule has 1 saturated heterocycles. The van der Waals surface area contributed by atoms with Crippen LogP contribution in [0.4, 0.5) is 0 Å². The Hall–Kier alpha value is -2.73. The zero-order valence-electron chi connectivity index (χ0n) is 15.2. The van der Waals surface area contributed by atoms with Gasteiger partial charge in [0, 0.05) is 29.9 Å². The van der Waals surface area contributed by atoms with Gasteiger partial charge in [0.1, 0.15) is 10.8 Å². The lowest BCUT2D eigenvalue weighted by atomic mass is 10.0. The van der Waals surface area contributed by atoms with Gasteiger partial charge in [0.2, 0.25) is 5.91 Å². The topological polar surface area (TPSA) is 55.3 Å². The van der Waals surface area contributed by atoms with E-state index in [2.05, 4.69) is 16.0 Å². The number of nitrogens with zero attached hydrogens (tertiary/aromatic N) is 3. The predicted molar refractivity (Wildman–Crippen MR) is 106 cm³/mol. The average molecular weight is 379 g/mol. The molecule has 1 atom stereocenters. The number of carbonyl (C=O) groups is 1. The van der Waals surface area contributed by atoms with Crippen molar-refractivity contribution in [1.82, 2.24) is 14.9 Å². The molecule has 138 valence electrons. The van der Waals surface area contributed by atoms with Crippen molar-refractivity contribution in [2.24, 2.45) is 0 Å². The number of benzene rings is 1. The summed E-state index contributed by atoms with van der Waals surface area (Å²) in [6.07, 6.45) is 5.87. The Balaban J connectivity index is 1.48. The third-order valence-corrected chi connectivity index (χ3v) is 5.78. The summed E-state index contributed by atoms with van der Waals surface area (Å²) < 4.78 is 5.33. The summed E-state index contributed by atoms with van der Waals surface area (Å²) in [6.45, 7) is 0.792. The van der Waals surface area contributed by atoms with Crippen LogP contribution in [-0.4, -0.2) is 34.4 Å². The van der Waals surface area contributed by atoms with Gasteiger partial charge < -0.3 is 9.64 Å². The number of amides is 1. The number of pyridine rings is 1. The Morgan fingerprint density at radius 3 is 3.07 bits per heavy atom. The minimum atomic E-state index is 0.115. The van der Waals surface area contributed by atoms with Gasteiger partial charge in [0.15, 0.2) is 0 Å². The van der Waals surface area contributed by atoms with Gasteiger partial charge in [0.25, 0.3) is 0 Å². The number of hydrogen-bond donors (Lipinski definition) is 0. The standard InChI is InChI=1S/C21H21N3O2S/c1-26-18-7-2-5-15(11-18)19-8-4-10-24(19)20(25)12-17-14-27-21(23-17)16-6-3-9-22-13-16/h2-3,5-7,9,11,13-14,19H,4,8,10,12H2,1H3. The van der Waals surface area contributed by atoms with Crippen LogP contribution in [0.5, 0.6) is 5.75 Å². The maximum Gasteiger partial charge on any atom is 0.229 e. The molecule has 27 heavy (non-hydrogen) atoms. The Kier molecular flexibility index (Phi) is 5.16. The van der Waals surface area contributed by atoms with Crippen LogP contribution in [-0.2, 0) is 11.2 Å². The number of thiazole rings is 1. The van der Waals surface area contributed by atoms with E-state index in [9.17, 15) is 4.79 Å². The van der Waals surface area contributed by atoms with E-state index in [0.717, 1.165) is 47.0 Å². The SMILES string of the molecule is COc1cccc(C2CCCN2C(=O)Cc2csc(-c3cccnc3)n2)c1. The first-order valence-corrected chi connectivity index (χ1v) is 9.91. The lowest BCUT2D eigenvalue weighted by Crippen LogP contribution is -2.31. The monoisotopic (exact) mass is 379 g/mol. The fourth-order valence-electron chi connectivity index (χ4n) is 3.53. The molecule has 3 heterocycles. The minimum Gasteiger partial charge on any atom is -0.497 e. The number of rotatable bonds is 5. The third kappa shape index (κ3) is 3.85. The molecule has 1 aliphatic heterocycles. The highest BCUT2D eigenvalue weighted by molar-refractivity contribution is 7.13. The van der Waals surface area contributed by atoms with Crippen molar-refractivity contribution >= 4 is 17.2 Å². The normalized spacial score (nSPS) is 16.5. The molecule has 0 aliphatic carbocycles. The number of likely N-dealkylation sites (tertiary alicyclic amines) is 1. The van der Waals surface area contributed by atoms with E-state index in [0.29, 0.717) is 6.42 Å². The van der Waals surface area contributed by atoms with Crippen molar-refractivity contribution in [3.63, 3.8) is 0 Å². The van der Waals surface area contributed by atoms with Gasteiger partial charge in [-0.2, -0.15) is 0 Å². The molecular weight excluding hydrogens is 358 g/mol. The second kappa shape index (κ2) is 7.88. The van der Waals surface area contributed by atoms with E-state index in [1.165, 1.54) is 0 Å². The zero-order chi connectivity index (χ0) is 18.6. The minimum absolute atomic E-state index is 0.115. The smallest absolute Gasteiger partial charge is 0.229 e. The Labute approximate surface area is 162 Å². The Morgan fingerprint density at radius 1 is 1.33 bits per heavy atom. The van der Waals surface area contributed by atoms with E-state index < -0.39 is 0 Å². The van der Waals surface area contributed by atoms with Gasteiger partial charge in [-0.1, -0.05) is 12.1 Å². The van der Waals surface area contributed by atoms with Crippen LogP contribution in [0.2, 0.25) is 0 Å². The van der Waals surface area contributed by atoms with Crippen molar-refractivity contribution in [2.75, 3.05) is 13.7 Å². The van der Waals surface area contributed by atoms with Crippen LogP contribution in [0.3, 0.4) is 0 Å². The van der Waals surface area contributed by atoms with Crippen LogP contribution in [0, 0.1) is 0 Å². The van der Waals surface area contributed by atoms with E-state index in [-0.39, 0.29) is 11.9 Å². The zero-order valence-corrected chi connectivity index (χ0v) is 16.0. The van der Waals surface area contributed by atoms with Crippen LogP contribution < -0.4 is 4.74 Å². The molecule has 1 fully saturated rings. The molecule has 1 unspecified atom stereocenters. The summed E-state index contributed by atoms with van der Waals surface area (Å²) in [6, 6.07) is 12.0. The van der Waals surface area contributed by atoms with Crippen LogP contribution in [0.1, 0.15) is 30.1 Å². The lowest BCUT2D eigenvalue weighted by molar-refractivity contribution is -0.131. The molecule has 0 bridgehead atoms. The quantitative estimate of drug-likeness (QED) is 0.669. The Morgan fingerprint density at radius 2 is 2.26 bits per heavy atom. The molecule has 1 aliphatic rings. The highest BCUT2D eigenvalue weighted by atomic mass is 32.1. The van der Waals surface area contributed by atoms with Gasteiger partial charge in [-0.15, -0.1) is 11.3 Å². The third-order valence-electron chi connectivity index (χ3n) is 4.84. The van der Waals surface area contributed by atoms with Crippen molar-refractivity contribution in [2.45, 2.75) is 25.3 Å². The van der Waals surface area contributed by atoms with Crippen molar-refractivity contribution in [3.8, 4) is 16.3 Å². The summed E-state index contributed by atoms with van der Waals surface area (Å²) in [4.78, 5) is 23.7. The number of ether oxygens (including phenoxy) is 1. The number of hydrogen-bond acceptors (Lipinski definition) is 5. The predicted octanol–water partition coefficient (Wildman–Crippen LogP) is 4.12. The number of aromatic nitrogens is 2. The van der Waals surface area contributed by atoms with Gasteiger partial charge in [-0.3, -0.25) is 9.78 Å². The Bertz CT molecular complexity index is 926. The summed E-state index contributed by atoms with van der Waals surface area (Å²) in [5.74, 6) is 0.954. The maximum atomic E-state index is 12.9. The molecule has 1 amide bonds. The maximum absolute atomic E-state index is 12.9. The lowest BCUT2D eigenvalue weighted by Gasteiger charge is -2.25. The van der Waals surface area contributed by atoms with Crippen LogP contribution in [0.15, 0.2) is 54.2 Å². The number of carbonyl (C=O) groups excluding carboxylic acids is 1. The van der Waals surface area contributed by atoms with E-state index in [1.807, 2.05) is 40.6 Å².